The normalized spacial score (nSPS) is 24.7. The van der Waals surface area contributed by atoms with Crippen LogP contribution in [-0.2, 0) is 0 Å². The first kappa shape index (κ1) is 17.9. The number of hydrogen-bond donors (Lipinski definition) is 2. The molecular weight excluding hydrogens is 320 g/mol. The molecule has 6 heteroatoms. The predicted molar refractivity (Wildman–Crippen MR) is 96.1 cm³/mol. The Morgan fingerprint density at radius 3 is 2.64 bits per heavy atom. The van der Waals surface area contributed by atoms with E-state index in [9.17, 15) is 9.90 Å². The maximum absolute atomic E-state index is 12.5. The molecule has 1 aromatic carbocycles. The molecular formula is C19H28N2O4. The van der Waals surface area contributed by atoms with Crippen LogP contribution >= 0.6 is 0 Å². The molecule has 6 nitrogen and oxygen atoms in total. The third-order valence-corrected chi connectivity index (χ3v) is 5.22. The van der Waals surface area contributed by atoms with E-state index in [2.05, 4.69) is 5.32 Å². The number of hydrogen-bond acceptors (Lipinski definition) is 4. The van der Waals surface area contributed by atoms with Gasteiger partial charge in [-0.1, -0.05) is 13.8 Å². The quantitative estimate of drug-likeness (QED) is 0.873. The highest BCUT2D eigenvalue weighted by Crippen LogP contribution is 2.43. The number of urea groups is 1. The molecule has 3 rings (SSSR count). The molecule has 0 saturated carbocycles. The summed E-state index contributed by atoms with van der Waals surface area (Å²) in [6.07, 6.45) is 3.63. The van der Waals surface area contributed by atoms with E-state index in [-0.39, 0.29) is 6.03 Å². The number of nitrogens with zero attached hydrogens (tertiary/aromatic N) is 1. The van der Waals surface area contributed by atoms with Crippen LogP contribution in [0.5, 0.6) is 11.5 Å². The second kappa shape index (κ2) is 6.75. The minimum Gasteiger partial charge on any atom is -0.448 e. The molecule has 1 aromatic rings. The average molecular weight is 348 g/mol. The molecule has 2 N–H and O–H groups in total. The number of nitrogens with one attached hydrogen (secondary N) is 1. The van der Waals surface area contributed by atoms with Crippen LogP contribution < -0.4 is 14.8 Å². The molecule has 1 saturated heterocycles. The SMILES string of the molecule is CCC1(CC)Oc2ccc(NC(=O)N3CCC[C@@](C)(O)CC3)cc2O1. The van der Waals surface area contributed by atoms with Gasteiger partial charge in [0.2, 0.25) is 0 Å². The minimum absolute atomic E-state index is 0.145. The summed E-state index contributed by atoms with van der Waals surface area (Å²) in [5.41, 5.74) is 0.00333. The fraction of sp³-hybridized carbons (Fsp3) is 0.632. The van der Waals surface area contributed by atoms with Gasteiger partial charge in [-0.25, -0.2) is 4.79 Å². The molecule has 2 amide bonds. The van der Waals surface area contributed by atoms with Gasteiger partial charge >= 0.3 is 6.03 Å². The number of anilines is 1. The van der Waals surface area contributed by atoms with Crippen molar-refractivity contribution >= 4 is 11.7 Å². The second-order valence-corrected chi connectivity index (χ2v) is 7.25. The average Bonchev–Trinajstić information content (AvgIpc) is 2.86. The number of carbonyl (C=O) groups is 1. The highest BCUT2D eigenvalue weighted by molar-refractivity contribution is 5.89. The summed E-state index contributed by atoms with van der Waals surface area (Å²) >= 11 is 0. The Bertz CT molecular complexity index is 640. The van der Waals surface area contributed by atoms with E-state index in [4.69, 9.17) is 9.47 Å². The summed E-state index contributed by atoms with van der Waals surface area (Å²) in [6, 6.07) is 5.34. The maximum Gasteiger partial charge on any atom is 0.321 e. The van der Waals surface area contributed by atoms with Crippen LogP contribution in [0.1, 0.15) is 52.9 Å². The molecule has 25 heavy (non-hydrogen) atoms. The summed E-state index contributed by atoms with van der Waals surface area (Å²) < 4.78 is 11.9. The van der Waals surface area contributed by atoms with Crippen LogP contribution in [0.3, 0.4) is 0 Å². The van der Waals surface area contributed by atoms with Crippen molar-refractivity contribution < 1.29 is 19.4 Å². The van der Waals surface area contributed by atoms with Gasteiger partial charge in [-0.2, -0.15) is 0 Å². The van der Waals surface area contributed by atoms with Crippen LogP contribution in [0, 0.1) is 0 Å². The molecule has 2 heterocycles. The highest BCUT2D eigenvalue weighted by Gasteiger charge is 2.38. The van der Waals surface area contributed by atoms with Gasteiger partial charge in [-0.15, -0.1) is 0 Å². The van der Waals surface area contributed by atoms with Gasteiger partial charge in [-0.05, 0) is 38.3 Å². The summed E-state index contributed by atoms with van der Waals surface area (Å²) in [5.74, 6) is 0.786. The zero-order chi connectivity index (χ0) is 18.1. The monoisotopic (exact) mass is 348 g/mol. The molecule has 0 unspecified atom stereocenters. The Labute approximate surface area is 149 Å². The third-order valence-electron chi connectivity index (χ3n) is 5.22. The number of ether oxygens (including phenoxy) is 2. The lowest BCUT2D eigenvalue weighted by molar-refractivity contribution is -0.0843. The van der Waals surface area contributed by atoms with E-state index in [0.29, 0.717) is 36.7 Å². The van der Waals surface area contributed by atoms with Gasteiger partial charge in [0.25, 0.3) is 5.79 Å². The molecule has 2 aliphatic rings. The fourth-order valence-corrected chi connectivity index (χ4v) is 3.38. The Balaban J connectivity index is 1.66. The third kappa shape index (κ3) is 3.84. The van der Waals surface area contributed by atoms with E-state index < -0.39 is 11.4 Å². The Hall–Kier alpha value is -1.95. The first-order valence-corrected chi connectivity index (χ1v) is 9.17. The van der Waals surface area contributed by atoms with Crippen molar-refractivity contribution in [3.8, 4) is 11.5 Å². The number of likely N-dealkylation sites (tertiary alicyclic amines) is 1. The number of amides is 2. The van der Waals surface area contributed by atoms with Crippen molar-refractivity contribution in [1.29, 1.82) is 0 Å². The van der Waals surface area contributed by atoms with Crippen LogP contribution in [0.4, 0.5) is 10.5 Å². The summed E-state index contributed by atoms with van der Waals surface area (Å²) in [5, 5.41) is 13.1. The van der Waals surface area contributed by atoms with Gasteiger partial charge < -0.3 is 24.8 Å². The van der Waals surface area contributed by atoms with Crippen LogP contribution in [0.15, 0.2) is 18.2 Å². The Kier molecular flexibility index (Phi) is 4.82. The van der Waals surface area contributed by atoms with Crippen molar-refractivity contribution in [3.63, 3.8) is 0 Å². The second-order valence-electron chi connectivity index (χ2n) is 7.25. The van der Waals surface area contributed by atoms with Gasteiger partial charge in [0, 0.05) is 37.7 Å². The zero-order valence-corrected chi connectivity index (χ0v) is 15.3. The first-order valence-electron chi connectivity index (χ1n) is 9.17. The lowest BCUT2D eigenvalue weighted by atomic mass is 9.98. The van der Waals surface area contributed by atoms with Crippen molar-refractivity contribution in [2.75, 3.05) is 18.4 Å². The molecule has 0 aromatic heterocycles. The number of fused-ring (bicyclic) bond motifs is 1. The summed E-state index contributed by atoms with van der Waals surface area (Å²) in [6.45, 7) is 7.11. The molecule has 0 bridgehead atoms. The highest BCUT2D eigenvalue weighted by atomic mass is 16.7. The summed E-state index contributed by atoms with van der Waals surface area (Å²) in [7, 11) is 0. The molecule has 0 spiro atoms. The lowest BCUT2D eigenvalue weighted by Gasteiger charge is -2.24. The summed E-state index contributed by atoms with van der Waals surface area (Å²) in [4.78, 5) is 14.3. The standard InChI is InChI=1S/C19H28N2O4/c1-4-19(5-2)24-15-8-7-14(13-16(15)25-19)20-17(22)21-11-6-9-18(3,23)10-12-21/h7-8,13,23H,4-6,9-12H2,1-3H3,(H,20,22)/t18-/m1/s1. The van der Waals surface area contributed by atoms with E-state index in [0.717, 1.165) is 25.7 Å². The fourth-order valence-electron chi connectivity index (χ4n) is 3.38. The van der Waals surface area contributed by atoms with Gasteiger partial charge in [0.15, 0.2) is 11.5 Å². The van der Waals surface area contributed by atoms with E-state index >= 15 is 0 Å². The first-order chi connectivity index (χ1) is 11.9. The minimum atomic E-state index is -0.683. The van der Waals surface area contributed by atoms with E-state index in [1.165, 1.54) is 0 Å². The number of aliphatic hydroxyl groups is 1. The predicted octanol–water partition coefficient (Wildman–Crippen LogP) is 3.74. The maximum atomic E-state index is 12.5. The smallest absolute Gasteiger partial charge is 0.321 e. The molecule has 0 radical (unpaired) electrons. The zero-order valence-electron chi connectivity index (χ0n) is 15.3. The molecule has 1 atom stereocenters. The van der Waals surface area contributed by atoms with Gasteiger partial charge in [0.1, 0.15) is 0 Å². The largest absolute Gasteiger partial charge is 0.448 e. The van der Waals surface area contributed by atoms with E-state index in [1.54, 1.807) is 4.90 Å². The lowest BCUT2D eigenvalue weighted by Crippen LogP contribution is -2.37. The van der Waals surface area contributed by atoms with E-state index in [1.807, 2.05) is 39.0 Å². The van der Waals surface area contributed by atoms with Crippen LogP contribution in [-0.4, -0.2) is 40.5 Å². The molecule has 1 fully saturated rings. The Morgan fingerprint density at radius 1 is 1.20 bits per heavy atom. The molecule has 2 aliphatic heterocycles. The topological polar surface area (TPSA) is 71.0 Å². The van der Waals surface area contributed by atoms with Gasteiger partial charge in [-0.3, -0.25) is 0 Å². The number of rotatable bonds is 3. The Morgan fingerprint density at radius 2 is 1.92 bits per heavy atom. The molecule has 138 valence electrons. The van der Waals surface area contributed by atoms with Crippen molar-refractivity contribution in [3.05, 3.63) is 18.2 Å². The van der Waals surface area contributed by atoms with Gasteiger partial charge in [0.05, 0.1) is 5.60 Å². The number of benzene rings is 1. The van der Waals surface area contributed by atoms with Crippen molar-refractivity contribution in [2.24, 2.45) is 0 Å². The molecule has 0 aliphatic carbocycles. The number of carbonyl (C=O) groups excluding carboxylic acids is 1. The van der Waals surface area contributed by atoms with Crippen molar-refractivity contribution in [2.45, 2.75) is 64.3 Å². The van der Waals surface area contributed by atoms with Crippen LogP contribution in [0.25, 0.3) is 0 Å². The van der Waals surface area contributed by atoms with Crippen molar-refractivity contribution in [1.82, 2.24) is 4.90 Å². The van der Waals surface area contributed by atoms with Crippen LogP contribution in [0.2, 0.25) is 0 Å².